The lowest BCUT2D eigenvalue weighted by Crippen LogP contribution is -2.51. The number of fused-ring (bicyclic) bond motifs is 2. The van der Waals surface area contributed by atoms with E-state index in [0.29, 0.717) is 6.42 Å². The number of hydrogen-bond donors (Lipinski definition) is 2. The Morgan fingerprint density at radius 3 is 2.31 bits per heavy atom. The van der Waals surface area contributed by atoms with Gasteiger partial charge in [0.1, 0.15) is 0 Å². The first-order chi connectivity index (χ1) is 7.00. The van der Waals surface area contributed by atoms with Gasteiger partial charge in [-0.3, -0.25) is 0 Å². The number of aliphatic hydroxyl groups excluding tert-OH is 1. The molecule has 2 nitrogen and oxygen atoms in total. The average Bonchev–Trinajstić information content (AvgIpc) is 2.39. The first-order valence-corrected chi connectivity index (χ1v) is 4.90. The van der Waals surface area contributed by atoms with Crippen molar-refractivity contribution in [2.75, 3.05) is 0 Å². The highest BCUT2D eigenvalue weighted by molar-refractivity contribution is 5.20. The van der Waals surface area contributed by atoms with E-state index in [9.17, 15) is 10.2 Å². The van der Waals surface area contributed by atoms with Crippen LogP contribution in [0.1, 0.15) is 44.6 Å². The fraction of sp³-hybridized carbons (Fsp3) is 1.00. The Labute approximate surface area is 84.2 Å². The van der Waals surface area contributed by atoms with Crippen LogP contribution < -0.4 is 0 Å². The zero-order valence-corrected chi connectivity index (χ0v) is 8.46. The summed E-state index contributed by atoms with van der Waals surface area (Å²) in [7, 11) is 0. The highest BCUT2D eigenvalue weighted by Crippen LogP contribution is 2.69. The molecular weight excluding hydrogens is 164 g/mol. The van der Waals surface area contributed by atoms with Crippen LogP contribution in [0.4, 0.5) is 0 Å². The van der Waals surface area contributed by atoms with Crippen LogP contribution in [0.2, 0.25) is 0 Å². The van der Waals surface area contributed by atoms with Crippen LogP contribution in [-0.4, -0.2) is 21.9 Å². The molecule has 76 valence electrons. The molecule has 0 aromatic carbocycles. The minimum Gasteiger partial charge on any atom is -0.390 e. The molecule has 2 aliphatic carbocycles. The molecule has 0 aliphatic heterocycles. The lowest BCUT2D eigenvalue weighted by molar-refractivity contribution is -0.134. The normalized spacial score (nSPS) is 63.0. The summed E-state index contributed by atoms with van der Waals surface area (Å²) in [5.41, 5.74) is -3.04. The van der Waals surface area contributed by atoms with Crippen molar-refractivity contribution in [1.82, 2.24) is 0 Å². The monoisotopic (exact) mass is 187 g/mol. The lowest BCUT2D eigenvalue weighted by Gasteiger charge is -2.44. The van der Waals surface area contributed by atoms with Crippen molar-refractivity contribution in [3.63, 3.8) is 0 Å². The van der Waals surface area contributed by atoms with Crippen LogP contribution >= 0.6 is 0 Å². The molecule has 2 N–H and O–H groups in total. The topological polar surface area (TPSA) is 40.5 Å². The smallest absolute Gasteiger partial charge is 0.0938 e. The summed E-state index contributed by atoms with van der Waals surface area (Å²) in [6.07, 6.45) is 0.313. The Bertz CT molecular complexity index is 326. The average molecular weight is 187 g/mol. The van der Waals surface area contributed by atoms with Gasteiger partial charge in [0, 0.05) is 9.53 Å². The summed E-state index contributed by atoms with van der Waals surface area (Å²) in [5, 5.41) is 20.7. The second-order valence-electron chi connectivity index (χ2n) is 5.41. The van der Waals surface area contributed by atoms with E-state index in [4.69, 9.17) is 4.11 Å². The van der Waals surface area contributed by atoms with Gasteiger partial charge in [-0.15, -0.1) is 0 Å². The molecule has 2 aliphatic rings. The Hall–Kier alpha value is -0.0800. The molecular formula is C11H20O2. The summed E-state index contributed by atoms with van der Waals surface area (Å²) in [6, 6.07) is 0. The van der Waals surface area contributed by atoms with Gasteiger partial charge in [-0.1, -0.05) is 20.8 Å². The SMILES string of the molecule is [2H]C([2H])([2H])[C@@]1(O)[C@H](O)[C@H]2CC[C@@]1(C)C2(C)C. The second-order valence-corrected chi connectivity index (χ2v) is 5.41. The maximum Gasteiger partial charge on any atom is 0.0938 e. The third-order valence-corrected chi connectivity index (χ3v) is 4.95. The third kappa shape index (κ3) is 0.736. The minimum atomic E-state index is -2.53. The predicted octanol–water partition coefficient (Wildman–Crippen LogP) is 1.55. The van der Waals surface area contributed by atoms with Crippen LogP contribution in [0, 0.1) is 16.7 Å². The van der Waals surface area contributed by atoms with Gasteiger partial charge in [0.25, 0.3) is 0 Å². The van der Waals surface area contributed by atoms with Crippen molar-refractivity contribution in [1.29, 1.82) is 0 Å². The van der Waals surface area contributed by atoms with E-state index in [1.54, 1.807) is 6.92 Å². The first-order valence-electron chi connectivity index (χ1n) is 6.40. The quantitative estimate of drug-likeness (QED) is 0.604. The zero-order valence-electron chi connectivity index (χ0n) is 11.5. The van der Waals surface area contributed by atoms with Crippen molar-refractivity contribution < 1.29 is 14.3 Å². The first kappa shape index (κ1) is 6.41. The van der Waals surface area contributed by atoms with E-state index in [0.717, 1.165) is 6.42 Å². The van der Waals surface area contributed by atoms with Gasteiger partial charge in [-0.25, -0.2) is 0 Å². The Morgan fingerprint density at radius 1 is 1.38 bits per heavy atom. The van der Waals surface area contributed by atoms with Gasteiger partial charge in [-0.2, -0.15) is 0 Å². The summed E-state index contributed by atoms with van der Waals surface area (Å²) < 4.78 is 22.6. The molecule has 2 saturated carbocycles. The summed E-state index contributed by atoms with van der Waals surface area (Å²) in [4.78, 5) is 0. The molecule has 0 spiro atoms. The van der Waals surface area contributed by atoms with Crippen LogP contribution in [0.3, 0.4) is 0 Å². The molecule has 0 radical (unpaired) electrons. The van der Waals surface area contributed by atoms with Gasteiger partial charge in [0.05, 0.1) is 11.7 Å². The van der Waals surface area contributed by atoms with E-state index in [1.807, 2.05) is 13.8 Å². The molecule has 2 heteroatoms. The van der Waals surface area contributed by atoms with Crippen molar-refractivity contribution in [2.24, 2.45) is 16.7 Å². The largest absolute Gasteiger partial charge is 0.390 e. The van der Waals surface area contributed by atoms with Crippen LogP contribution in [0.15, 0.2) is 0 Å². The Morgan fingerprint density at radius 2 is 2.00 bits per heavy atom. The highest BCUT2D eigenvalue weighted by atomic mass is 16.3. The number of hydrogen-bond acceptors (Lipinski definition) is 2. The zero-order chi connectivity index (χ0) is 12.6. The van der Waals surface area contributed by atoms with Crippen molar-refractivity contribution in [2.45, 2.75) is 52.2 Å². The maximum atomic E-state index is 10.6. The third-order valence-electron chi connectivity index (χ3n) is 4.95. The molecule has 0 aromatic rings. The second kappa shape index (κ2) is 2.12. The Balaban J connectivity index is 2.60. The van der Waals surface area contributed by atoms with Crippen molar-refractivity contribution in [3.05, 3.63) is 0 Å². The fourth-order valence-corrected chi connectivity index (χ4v) is 3.39. The van der Waals surface area contributed by atoms with Crippen LogP contribution in [-0.2, 0) is 0 Å². The molecule has 2 rings (SSSR count). The van der Waals surface area contributed by atoms with Gasteiger partial charge >= 0.3 is 0 Å². The molecule has 0 saturated heterocycles. The molecule has 0 aromatic heterocycles. The van der Waals surface area contributed by atoms with Crippen LogP contribution in [0.25, 0.3) is 0 Å². The molecule has 0 heterocycles. The molecule has 0 amide bonds. The Kier molecular flexibility index (Phi) is 1.04. The molecule has 2 bridgehead atoms. The standard InChI is InChI=1S/C11H20O2/c1-9(2)7-5-6-10(9,3)11(4,13)8(7)12/h7-8,12-13H,5-6H2,1-4H3/t7-,8-,10+,11-/m1/s1/i4D3. The minimum absolute atomic E-state index is 0.122. The highest BCUT2D eigenvalue weighted by Gasteiger charge is 2.71. The fourth-order valence-electron chi connectivity index (χ4n) is 3.39. The summed E-state index contributed by atoms with van der Waals surface area (Å²) in [6.45, 7) is 3.18. The van der Waals surface area contributed by atoms with E-state index < -0.39 is 24.0 Å². The number of rotatable bonds is 0. The number of aliphatic hydroxyl groups is 2. The van der Waals surface area contributed by atoms with E-state index >= 15 is 0 Å². The molecule has 4 atom stereocenters. The van der Waals surface area contributed by atoms with Gasteiger partial charge in [0.2, 0.25) is 0 Å². The van der Waals surface area contributed by atoms with Gasteiger partial charge in [0.15, 0.2) is 0 Å². The van der Waals surface area contributed by atoms with Crippen LogP contribution in [0.5, 0.6) is 0 Å². The van der Waals surface area contributed by atoms with E-state index in [2.05, 4.69) is 0 Å². The lowest BCUT2D eigenvalue weighted by atomic mass is 9.65. The van der Waals surface area contributed by atoms with E-state index in [1.165, 1.54) is 0 Å². The van der Waals surface area contributed by atoms with Gasteiger partial charge < -0.3 is 10.2 Å². The predicted molar refractivity (Wildman–Crippen MR) is 51.2 cm³/mol. The van der Waals surface area contributed by atoms with Crippen molar-refractivity contribution >= 4 is 0 Å². The maximum absolute atomic E-state index is 10.6. The summed E-state index contributed by atoms with van der Waals surface area (Å²) in [5.74, 6) is -0.122. The van der Waals surface area contributed by atoms with Crippen molar-refractivity contribution in [3.8, 4) is 0 Å². The summed E-state index contributed by atoms with van der Waals surface area (Å²) >= 11 is 0. The van der Waals surface area contributed by atoms with E-state index in [-0.39, 0.29) is 11.3 Å². The van der Waals surface area contributed by atoms with Gasteiger partial charge in [-0.05, 0) is 31.0 Å². The molecule has 2 fully saturated rings. The molecule has 13 heavy (non-hydrogen) atoms. The molecule has 0 unspecified atom stereocenters.